The first-order chi connectivity index (χ1) is 17.5. The van der Waals surface area contributed by atoms with Gasteiger partial charge in [-0.15, -0.1) is 0 Å². The molecule has 4 nitrogen and oxygen atoms in total. The summed E-state index contributed by atoms with van der Waals surface area (Å²) < 4.78 is 0. The Morgan fingerprint density at radius 3 is 2.38 bits per heavy atom. The van der Waals surface area contributed by atoms with E-state index in [4.69, 9.17) is 5.73 Å². The van der Waals surface area contributed by atoms with Crippen molar-refractivity contribution in [2.24, 2.45) is 58.0 Å². The zero-order valence-corrected chi connectivity index (χ0v) is 25.3. The zero-order chi connectivity index (χ0) is 27.0. The molecule has 4 aliphatic rings. The minimum atomic E-state index is -0.804. The van der Waals surface area contributed by atoms with E-state index in [1.807, 2.05) is 0 Å². The molecule has 4 aliphatic carbocycles. The highest BCUT2D eigenvalue weighted by atomic mass is 16.3. The minimum Gasteiger partial charge on any atom is -0.393 e. The lowest BCUT2D eigenvalue weighted by Crippen LogP contribution is -2.71. The Bertz CT molecular complexity index is 744. The van der Waals surface area contributed by atoms with Crippen molar-refractivity contribution >= 4 is 0 Å². The maximum Gasteiger partial charge on any atom is 0.0880 e. The molecule has 0 aliphatic heterocycles. The monoisotopic (exact) mass is 518 g/mol. The molecule has 4 heteroatoms. The van der Waals surface area contributed by atoms with E-state index in [9.17, 15) is 10.2 Å². The molecule has 4 rings (SSSR count). The van der Waals surface area contributed by atoms with Crippen LogP contribution in [-0.4, -0.2) is 41.0 Å². The largest absolute Gasteiger partial charge is 0.393 e. The van der Waals surface area contributed by atoms with Gasteiger partial charge < -0.3 is 21.3 Å². The summed E-state index contributed by atoms with van der Waals surface area (Å²) in [6, 6.07) is 0.0896. The van der Waals surface area contributed by atoms with Gasteiger partial charge in [-0.2, -0.15) is 0 Å². The average molecular weight is 519 g/mol. The molecule has 0 heterocycles. The number of fused-ring (bicyclic) bond motifs is 5. The number of aliphatic hydroxyl groups excluding tert-OH is 1. The Hall–Kier alpha value is -0.160. The van der Waals surface area contributed by atoms with Gasteiger partial charge in [0.2, 0.25) is 0 Å². The number of nitrogens with one attached hydrogen (secondary N) is 1. The molecule has 11 atom stereocenters. The number of nitrogens with two attached hydrogens (primary N) is 1. The summed E-state index contributed by atoms with van der Waals surface area (Å²) in [7, 11) is 0. The van der Waals surface area contributed by atoms with Gasteiger partial charge in [-0.25, -0.2) is 0 Å². The van der Waals surface area contributed by atoms with E-state index in [-0.39, 0.29) is 17.6 Å². The third-order valence-corrected chi connectivity index (χ3v) is 12.7. The third-order valence-electron chi connectivity index (χ3n) is 12.7. The summed E-state index contributed by atoms with van der Waals surface area (Å²) in [6.07, 6.45) is 14.8. The molecule has 4 saturated carbocycles. The van der Waals surface area contributed by atoms with Crippen LogP contribution in [0.3, 0.4) is 0 Å². The van der Waals surface area contributed by atoms with E-state index in [0.29, 0.717) is 29.6 Å². The highest BCUT2D eigenvalue weighted by molar-refractivity contribution is 5.18. The highest BCUT2D eigenvalue weighted by Crippen LogP contribution is 2.69. The van der Waals surface area contributed by atoms with Crippen LogP contribution in [0.1, 0.15) is 125 Å². The summed E-state index contributed by atoms with van der Waals surface area (Å²) in [4.78, 5) is 0. The van der Waals surface area contributed by atoms with Crippen LogP contribution in [0.25, 0.3) is 0 Å². The predicted molar refractivity (Wildman–Crippen MR) is 155 cm³/mol. The van der Waals surface area contributed by atoms with Crippen molar-refractivity contribution < 1.29 is 10.2 Å². The lowest BCUT2D eigenvalue weighted by molar-refractivity contribution is -0.234. The van der Waals surface area contributed by atoms with Crippen molar-refractivity contribution in [3.05, 3.63) is 0 Å². The summed E-state index contributed by atoms with van der Waals surface area (Å²) in [5, 5.41) is 27.0. The van der Waals surface area contributed by atoms with E-state index in [2.05, 4.69) is 46.9 Å². The molecule has 5 N–H and O–H groups in total. The van der Waals surface area contributed by atoms with Crippen LogP contribution < -0.4 is 11.1 Å². The molecule has 0 spiro atoms. The molecule has 0 amide bonds. The molecule has 4 fully saturated rings. The molecule has 0 saturated heterocycles. The molecule has 0 radical (unpaired) electrons. The van der Waals surface area contributed by atoms with Gasteiger partial charge in [-0.3, -0.25) is 0 Å². The molecule has 0 aromatic rings. The Balaban J connectivity index is 1.52. The van der Waals surface area contributed by atoms with Crippen LogP contribution in [0.2, 0.25) is 0 Å². The second kappa shape index (κ2) is 11.8. The highest BCUT2D eigenvalue weighted by Gasteiger charge is 2.67. The van der Waals surface area contributed by atoms with E-state index in [0.717, 1.165) is 68.9 Å². The van der Waals surface area contributed by atoms with Gasteiger partial charge >= 0.3 is 0 Å². The Morgan fingerprint density at radius 2 is 1.68 bits per heavy atom. The molecule has 37 heavy (non-hydrogen) atoms. The number of rotatable bonds is 11. The molecule has 216 valence electrons. The van der Waals surface area contributed by atoms with E-state index in [1.165, 1.54) is 44.9 Å². The van der Waals surface area contributed by atoms with Gasteiger partial charge in [0, 0.05) is 17.9 Å². The summed E-state index contributed by atoms with van der Waals surface area (Å²) in [6.45, 7) is 16.3. The first-order valence-corrected chi connectivity index (χ1v) is 16.3. The SMILES string of the molecule is CC(C)CCC[C@@H](C)[C@H]1CC[C@H]2[C@@H]3CC(NCCCC(C)CN)[C@@]4(O)C[C@@H](O)CC[C@]4(C)[C@H]3CC[C@]12C. The van der Waals surface area contributed by atoms with E-state index in [1.54, 1.807) is 0 Å². The Morgan fingerprint density at radius 1 is 0.919 bits per heavy atom. The number of aliphatic hydroxyl groups is 2. The van der Waals surface area contributed by atoms with Crippen LogP contribution in [0.15, 0.2) is 0 Å². The average Bonchev–Trinajstić information content (AvgIpc) is 3.20. The van der Waals surface area contributed by atoms with E-state index >= 15 is 0 Å². The topological polar surface area (TPSA) is 78.5 Å². The lowest BCUT2D eigenvalue weighted by atomic mass is 9.42. The fraction of sp³-hybridized carbons (Fsp3) is 1.00. The summed E-state index contributed by atoms with van der Waals surface area (Å²) in [5.41, 5.74) is 5.41. The minimum absolute atomic E-state index is 0.0896. The maximum atomic E-state index is 12.4. The van der Waals surface area contributed by atoms with Gasteiger partial charge in [0.1, 0.15) is 0 Å². The van der Waals surface area contributed by atoms with Crippen molar-refractivity contribution in [3.63, 3.8) is 0 Å². The van der Waals surface area contributed by atoms with Gasteiger partial charge in [0.25, 0.3) is 0 Å². The standard InChI is InChI=1S/C33H62N2O2/c1-22(2)9-7-11-24(4)27-12-13-28-26-19-30(35-18-8-10-23(3)21-34)33(37)20-25(36)14-17-32(33,6)29(26)15-16-31(27,28)5/h22-30,35-37H,7-21,34H2,1-6H3/t23?,24-,25+,26+,27-,28+,29+,30?,31-,32-,33+/m1/s1. The van der Waals surface area contributed by atoms with Crippen molar-refractivity contribution in [1.82, 2.24) is 5.32 Å². The Labute approximate surface area is 229 Å². The summed E-state index contributed by atoms with van der Waals surface area (Å²) >= 11 is 0. The smallest absolute Gasteiger partial charge is 0.0880 e. The van der Waals surface area contributed by atoms with Gasteiger partial charge in [-0.1, -0.05) is 60.8 Å². The second-order valence-electron chi connectivity index (χ2n) is 15.4. The van der Waals surface area contributed by atoms with Crippen molar-refractivity contribution in [2.75, 3.05) is 13.1 Å². The molecular formula is C33H62N2O2. The van der Waals surface area contributed by atoms with Crippen LogP contribution in [-0.2, 0) is 0 Å². The van der Waals surface area contributed by atoms with Crippen LogP contribution in [0.5, 0.6) is 0 Å². The molecule has 0 aromatic heterocycles. The normalized spacial score (nSPS) is 45.2. The first kappa shape index (κ1) is 29.8. The number of hydrogen-bond donors (Lipinski definition) is 4. The third kappa shape index (κ3) is 5.57. The number of hydrogen-bond acceptors (Lipinski definition) is 4. The van der Waals surface area contributed by atoms with Crippen LogP contribution >= 0.6 is 0 Å². The predicted octanol–water partition coefficient (Wildman–Crippen LogP) is 6.53. The second-order valence-corrected chi connectivity index (χ2v) is 15.4. The lowest BCUT2D eigenvalue weighted by Gasteiger charge is -2.66. The van der Waals surface area contributed by atoms with Crippen molar-refractivity contribution in [1.29, 1.82) is 0 Å². The fourth-order valence-electron chi connectivity index (χ4n) is 10.4. The van der Waals surface area contributed by atoms with Gasteiger partial charge in [0.05, 0.1) is 11.7 Å². The summed E-state index contributed by atoms with van der Waals surface area (Å²) in [5.74, 6) is 5.13. The molecular weight excluding hydrogens is 456 g/mol. The van der Waals surface area contributed by atoms with Crippen molar-refractivity contribution in [3.8, 4) is 0 Å². The van der Waals surface area contributed by atoms with Crippen molar-refractivity contribution in [2.45, 2.75) is 143 Å². The fourth-order valence-corrected chi connectivity index (χ4v) is 10.4. The molecule has 0 aromatic carbocycles. The molecule has 2 unspecified atom stereocenters. The zero-order valence-electron chi connectivity index (χ0n) is 25.3. The van der Waals surface area contributed by atoms with Gasteiger partial charge in [0.15, 0.2) is 0 Å². The van der Waals surface area contributed by atoms with Crippen LogP contribution in [0.4, 0.5) is 0 Å². The Kier molecular flexibility index (Phi) is 9.47. The van der Waals surface area contributed by atoms with Crippen LogP contribution in [0, 0.1) is 52.3 Å². The first-order valence-electron chi connectivity index (χ1n) is 16.3. The molecule has 0 bridgehead atoms. The van der Waals surface area contributed by atoms with E-state index < -0.39 is 5.60 Å². The quantitative estimate of drug-likeness (QED) is 0.235. The maximum absolute atomic E-state index is 12.4. The van der Waals surface area contributed by atoms with Gasteiger partial charge in [-0.05, 0) is 118 Å².